The van der Waals surface area contributed by atoms with Gasteiger partial charge in [0.15, 0.2) is 11.5 Å². The maximum Gasteiger partial charge on any atom is 0.231 e. The van der Waals surface area contributed by atoms with E-state index < -0.39 is 0 Å². The summed E-state index contributed by atoms with van der Waals surface area (Å²) in [5.74, 6) is 1.69. The molecule has 3 rings (SSSR count). The molecule has 0 saturated heterocycles. The lowest BCUT2D eigenvalue weighted by Crippen LogP contribution is -2.19. The number of benzene rings is 1. The maximum absolute atomic E-state index is 9.47. The van der Waals surface area contributed by atoms with Gasteiger partial charge >= 0.3 is 0 Å². The van der Waals surface area contributed by atoms with Crippen molar-refractivity contribution in [1.82, 2.24) is 0 Å². The number of hydrogen-bond acceptors (Lipinski definition) is 4. The number of rotatable bonds is 2. The van der Waals surface area contributed by atoms with Crippen molar-refractivity contribution in [2.75, 3.05) is 6.79 Å². The second-order valence-electron chi connectivity index (χ2n) is 4.56. The van der Waals surface area contributed by atoms with E-state index in [9.17, 15) is 5.11 Å². The third-order valence-corrected chi connectivity index (χ3v) is 4.62. The summed E-state index contributed by atoms with van der Waals surface area (Å²) in [6, 6.07) is 6.11. The smallest absolute Gasteiger partial charge is 0.231 e. The summed E-state index contributed by atoms with van der Waals surface area (Å²) >= 11 is 1.89. The standard InChI is InChI=1S/C13H16O3S/c14-9-1-3-10(4-2-9)17-11-5-6-12-13(7-11)16-8-15-12/h5-7,9-10,14H,1-4,8H2. The number of fused-ring (bicyclic) bond motifs is 1. The van der Waals surface area contributed by atoms with Crippen LogP contribution in [0.15, 0.2) is 23.1 Å². The Bertz CT molecular complexity index is 400. The molecule has 3 nitrogen and oxygen atoms in total. The van der Waals surface area contributed by atoms with Gasteiger partial charge in [0.05, 0.1) is 6.10 Å². The zero-order valence-electron chi connectivity index (χ0n) is 9.59. The zero-order valence-corrected chi connectivity index (χ0v) is 10.4. The average Bonchev–Trinajstić information content (AvgIpc) is 2.79. The van der Waals surface area contributed by atoms with Crippen molar-refractivity contribution in [3.63, 3.8) is 0 Å². The summed E-state index contributed by atoms with van der Waals surface area (Å²) in [6.45, 7) is 0.332. The van der Waals surface area contributed by atoms with Crippen LogP contribution in [-0.2, 0) is 0 Å². The van der Waals surface area contributed by atoms with E-state index in [2.05, 4.69) is 12.1 Å². The number of hydrogen-bond donors (Lipinski definition) is 1. The van der Waals surface area contributed by atoms with E-state index in [-0.39, 0.29) is 6.10 Å². The first-order chi connectivity index (χ1) is 8.31. The molecule has 4 heteroatoms. The van der Waals surface area contributed by atoms with Gasteiger partial charge in [0.25, 0.3) is 0 Å². The molecule has 1 fully saturated rings. The highest BCUT2D eigenvalue weighted by Crippen LogP contribution is 2.39. The first-order valence-corrected chi connectivity index (χ1v) is 6.93. The molecule has 92 valence electrons. The van der Waals surface area contributed by atoms with Crippen molar-refractivity contribution >= 4 is 11.8 Å². The molecule has 1 aromatic rings. The molecule has 17 heavy (non-hydrogen) atoms. The van der Waals surface area contributed by atoms with Gasteiger partial charge in [0.2, 0.25) is 6.79 Å². The lowest BCUT2D eigenvalue weighted by molar-refractivity contribution is 0.132. The lowest BCUT2D eigenvalue weighted by Gasteiger charge is -2.24. The van der Waals surface area contributed by atoms with Gasteiger partial charge in [-0.05, 0) is 43.9 Å². The highest BCUT2D eigenvalue weighted by atomic mass is 32.2. The molecular weight excluding hydrogens is 236 g/mol. The predicted octanol–water partition coefficient (Wildman–Crippen LogP) is 2.81. The molecule has 0 unspecified atom stereocenters. The van der Waals surface area contributed by atoms with E-state index in [1.165, 1.54) is 4.90 Å². The van der Waals surface area contributed by atoms with Crippen molar-refractivity contribution in [1.29, 1.82) is 0 Å². The normalized spacial score (nSPS) is 27.1. The predicted molar refractivity (Wildman–Crippen MR) is 66.7 cm³/mol. The Morgan fingerprint density at radius 3 is 2.65 bits per heavy atom. The molecule has 0 bridgehead atoms. The Hall–Kier alpha value is -0.870. The van der Waals surface area contributed by atoms with Gasteiger partial charge in [-0.1, -0.05) is 0 Å². The Morgan fingerprint density at radius 1 is 1.06 bits per heavy atom. The summed E-state index contributed by atoms with van der Waals surface area (Å²) in [4.78, 5) is 1.23. The highest BCUT2D eigenvalue weighted by molar-refractivity contribution is 8.00. The van der Waals surface area contributed by atoms with Crippen LogP contribution >= 0.6 is 11.8 Å². The first-order valence-electron chi connectivity index (χ1n) is 6.05. The Balaban J connectivity index is 1.65. The van der Waals surface area contributed by atoms with Crippen LogP contribution < -0.4 is 9.47 Å². The van der Waals surface area contributed by atoms with E-state index in [4.69, 9.17) is 9.47 Å². The highest BCUT2D eigenvalue weighted by Gasteiger charge is 2.21. The van der Waals surface area contributed by atoms with E-state index >= 15 is 0 Å². The first kappa shape index (κ1) is 11.2. The molecule has 0 radical (unpaired) electrons. The summed E-state index contributed by atoms with van der Waals surface area (Å²) in [7, 11) is 0. The molecule has 1 N–H and O–H groups in total. The van der Waals surface area contributed by atoms with Crippen LogP contribution in [0.1, 0.15) is 25.7 Å². The van der Waals surface area contributed by atoms with Crippen LogP contribution in [0, 0.1) is 0 Å². The third-order valence-electron chi connectivity index (χ3n) is 3.29. The molecule has 0 spiro atoms. The molecule has 1 aliphatic heterocycles. The van der Waals surface area contributed by atoms with Crippen molar-refractivity contribution in [3.8, 4) is 11.5 Å². The summed E-state index contributed by atoms with van der Waals surface area (Å²) in [6.07, 6.45) is 3.98. The van der Waals surface area contributed by atoms with Crippen LogP contribution in [0.3, 0.4) is 0 Å². The van der Waals surface area contributed by atoms with E-state index in [1.54, 1.807) is 0 Å². The van der Waals surface area contributed by atoms with E-state index in [0.29, 0.717) is 12.0 Å². The lowest BCUT2D eigenvalue weighted by atomic mass is 9.97. The van der Waals surface area contributed by atoms with E-state index in [0.717, 1.165) is 37.2 Å². The van der Waals surface area contributed by atoms with Gasteiger partial charge in [-0.3, -0.25) is 0 Å². The SMILES string of the molecule is OC1CCC(Sc2ccc3c(c2)OCO3)CC1. The van der Waals surface area contributed by atoms with Gasteiger partial charge in [0, 0.05) is 10.1 Å². The minimum atomic E-state index is -0.0800. The van der Waals surface area contributed by atoms with Gasteiger partial charge in [-0.25, -0.2) is 0 Å². The molecule has 1 saturated carbocycles. The van der Waals surface area contributed by atoms with Gasteiger partial charge in [-0.15, -0.1) is 11.8 Å². The minimum Gasteiger partial charge on any atom is -0.454 e. The quantitative estimate of drug-likeness (QED) is 0.878. The molecular formula is C13H16O3S. The zero-order chi connectivity index (χ0) is 11.7. The molecule has 1 heterocycles. The maximum atomic E-state index is 9.47. The largest absolute Gasteiger partial charge is 0.454 e. The molecule has 0 atom stereocenters. The van der Waals surface area contributed by atoms with Crippen molar-refractivity contribution in [2.24, 2.45) is 0 Å². The Labute approximate surface area is 105 Å². The third kappa shape index (κ3) is 2.53. The molecule has 2 aliphatic rings. The molecule has 0 amide bonds. The Kier molecular flexibility index (Phi) is 3.16. The summed E-state index contributed by atoms with van der Waals surface area (Å²) in [5.41, 5.74) is 0. The molecule has 1 aliphatic carbocycles. The summed E-state index contributed by atoms with van der Waals surface area (Å²) in [5, 5.41) is 10.1. The van der Waals surface area contributed by atoms with Crippen LogP contribution in [0.25, 0.3) is 0 Å². The fourth-order valence-electron chi connectivity index (χ4n) is 2.31. The van der Waals surface area contributed by atoms with Crippen molar-refractivity contribution in [2.45, 2.75) is 41.9 Å². The van der Waals surface area contributed by atoms with Gasteiger partial charge in [0.1, 0.15) is 0 Å². The molecule has 1 aromatic carbocycles. The second-order valence-corrected chi connectivity index (χ2v) is 5.94. The van der Waals surface area contributed by atoms with Crippen LogP contribution in [-0.4, -0.2) is 23.3 Å². The number of thioether (sulfide) groups is 1. The monoisotopic (exact) mass is 252 g/mol. The number of ether oxygens (including phenoxy) is 2. The van der Waals surface area contributed by atoms with Crippen LogP contribution in [0.2, 0.25) is 0 Å². The fourth-order valence-corrected chi connectivity index (χ4v) is 3.52. The average molecular weight is 252 g/mol. The van der Waals surface area contributed by atoms with Crippen molar-refractivity contribution in [3.05, 3.63) is 18.2 Å². The second kappa shape index (κ2) is 4.78. The van der Waals surface area contributed by atoms with E-state index in [1.807, 2.05) is 17.8 Å². The summed E-state index contributed by atoms with van der Waals surface area (Å²) < 4.78 is 10.7. The molecule has 0 aromatic heterocycles. The fraction of sp³-hybridized carbons (Fsp3) is 0.538. The Morgan fingerprint density at radius 2 is 1.82 bits per heavy atom. The van der Waals surface area contributed by atoms with Crippen LogP contribution in [0.5, 0.6) is 11.5 Å². The number of aliphatic hydroxyl groups is 1. The topological polar surface area (TPSA) is 38.7 Å². The number of aliphatic hydroxyl groups excluding tert-OH is 1. The minimum absolute atomic E-state index is 0.0800. The van der Waals surface area contributed by atoms with Gasteiger partial charge in [-0.2, -0.15) is 0 Å². The van der Waals surface area contributed by atoms with Crippen molar-refractivity contribution < 1.29 is 14.6 Å². The van der Waals surface area contributed by atoms with Crippen LogP contribution in [0.4, 0.5) is 0 Å². The van der Waals surface area contributed by atoms with Gasteiger partial charge < -0.3 is 14.6 Å².